The van der Waals surface area contributed by atoms with Gasteiger partial charge in [0.05, 0.1) is 0 Å². The molecular weight excluding hydrogens is 292 g/mol. The SMILES string of the molecule is CC(C)(C)C.Cc1ccc(Cc2ccc(C(=O)C(C)C)cc2)cc1. The lowest BCUT2D eigenvalue weighted by molar-refractivity contribution is 0.0939. The van der Waals surface area contributed by atoms with E-state index in [4.69, 9.17) is 0 Å². The molecule has 24 heavy (non-hydrogen) atoms. The molecule has 0 heterocycles. The molecule has 0 aliphatic heterocycles. The van der Waals surface area contributed by atoms with Gasteiger partial charge in [0.25, 0.3) is 0 Å². The Morgan fingerprint density at radius 1 is 0.833 bits per heavy atom. The first-order valence-electron chi connectivity index (χ1n) is 8.75. The highest BCUT2D eigenvalue weighted by Crippen LogP contribution is 2.14. The van der Waals surface area contributed by atoms with Gasteiger partial charge in [-0.2, -0.15) is 0 Å². The lowest BCUT2D eigenvalue weighted by Crippen LogP contribution is -2.07. The van der Waals surface area contributed by atoms with Crippen molar-refractivity contribution >= 4 is 5.78 Å². The van der Waals surface area contributed by atoms with E-state index < -0.39 is 0 Å². The van der Waals surface area contributed by atoms with E-state index in [0.29, 0.717) is 5.41 Å². The first-order chi connectivity index (χ1) is 11.1. The molecule has 2 aromatic carbocycles. The second kappa shape index (κ2) is 8.82. The summed E-state index contributed by atoms with van der Waals surface area (Å²) in [5.41, 5.74) is 5.13. The molecule has 2 rings (SSSR count). The van der Waals surface area contributed by atoms with Gasteiger partial charge in [0, 0.05) is 11.5 Å². The topological polar surface area (TPSA) is 17.1 Å². The van der Waals surface area contributed by atoms with E-state index >= 15 is 0 Å². The van der Waals surface area contributed by atoms with Crippen molar-refractivity contribution in [2.24, 2.45) is 11.3 Å². The second-order valence-corrected chi connectivity index (χ2v) is 8.38. The molecule has 0 saturated heterocycles. The maximum Gasteiger partial charge on any atom is 0.165 e. The number of carbonyl (C=O) groups is 1. The number of hydrogen-bond donors (Lipinski definition) is 0. The van der Waals surface area contributed by atoms with Gasteiger partial charge in [-0.25, -0.2) is 0 Å². The highest BCUT2D eigenvalue weighted by atomic mass is 16.1. The van der Waals surface area contributed by atoms with Crippen molar-refractivity contribution in [2.75, 3.05) is 0 Å². The molecule has 0 fully saturated rings. The van der Waals surface area contributed by atoms with Crippen LogP contribution < -0.4 is 0 Å². The number of aryl methyl sites for hydroxylation is 1. The fourth-order valence-corrected chi connectivity index (χ4v) is 2.06. The highest BCUT2D eigenvalue weighted by molar-refractivity contribution is 5.97. The van der Waals surface area contributed by atoms with Crippen molar-refractivity contribution in [3.8, 4) is 0 Å². The van der Waals surface area contributed by atoms with Crippen molar-refractivity contribution in [2.45, 2.75) is 54.9 Å². The molecular formula is C23H32O. The van der Waals surface area contributed by atoms with E-state index in [1.807, 2.05) is 26.0 Å². The van der Waals surface area contributed by atoms with Crippen molar-refractivity contribution in [1.82, 2.24) is 0 Å². The number of benzene rings is 2. The number of ketones is 1. The zero-order valence-electron chi connectivity index (χ0n) is 16.3. The molecule has 0 spiro atoms. The van der Waals surface area contributed by atoms with Crippen molar-refractivity contribution in [3.05, 3.63) is 70.8 Å². The van der Waals surface area contributed by atoms with Crippen molar-refractivity contribution < 1.29 is 4.79 Å². The molecule has 0 aliphatic rings. The molecule has 1 heteroatoms. The number of hydrogen-bond acceptors (Lipinski definition) is 1. The van der Waals surface area contributed by atoms with Crippen LogP contribution in [0.3, 0.4) is 0 Å². The van der Waals surface area contributed by atoms with Crippen LogP contribution in [0.4, 0.5) is 0 Å². The Labute approximate surface area is 148 Å². The third-order valence-electron chi connectivity index (χ3n) is 3.29. The van der Waals surface area contributed by atoms with Gasteiger partial charge in [-0.05, 0) is 29.9 Å². The summed E-state index contributed by atoms with van der Waals surface area (Å²) >= 11 is 0. The monoisotopic (exact) mass is 324 g/mol. The molecule has 0 N–H and O–H groups in total. The Morgan fingerprint density at radius 3 is 1.58 bits per heavy atom. The van der Waals surface area contributed by atoms with Crippen LogP contribution in [0.1, 0.15) is 68.6 Å². The number of Topliss-reactive ketones (excluding diaryl/α,β-unsaturated/α-hetero) is 1. The molecule has 2 aromatic rings. The largest absolute Gasteiger partial charge is 0.294 e. The van der Waals surface area contributed by atoms with Crippen LogP contribution in [-0.2, 0) is 6.42 Å². The molecule has 0 aromatic heterocycles. The summed E-state index contributed by atoms with van der Waals surface area (Å²) in [5, 5.41) is 0. The standard InChI is InChI=1S/C18H20O.C5H12/c1-13(2)18(19)17-10-8-16(9-11-17)12-15-6-4-14(3)5-7-15;1-5(2,3)4/h4-11,13H,12H2,1-3H3;1-4H3. The van der Waals surface area contributed by atoms with Crippen LogP contribution in [0.2, 0.25) is 0 Å². The Balaban J connectivity index is 0.000000505. The van der Waals surface area contributed by atoms with Crippen molar-refractivity contribution in [3.63, 3.8) is 0 Å². The van der Waals surface area contributed by atoms with Crippen LogP contribution in [0, 0.1) is 18.3 Å². The number of carbonyl (C=O) groups excluding carboxylic acids is 1. The van der Waals surface area contributed by atoms with Crippen LogP contribution in [0.15, 0.2) is 48.5 Å². The molecule has 1 nitrogen and oxygen atoms in total. The van der Waals surface area contributed by atoms with Gasteiger partial charge in [0.2, 0.25) is 0 Å². The van der Waals surface area contributed by atoms with Crippen molar-refractivity contribution in [1.29, 1.82) is 0 Å². The molecule has 0 aliphatic carbocycles. The quantitative estimate of drug-likeness (QED) is 0.588. The van der Waals surface area contributed by atoms with Crippen LogP contribution in [-0.4, -0.2) is 5.78 Å². The summed E-state index contributed by atoms with van der Waals surface area (Å²) in [4.78, 5) is 11.9. The Bertz CT molecular complexity index is 619. The first-order valence-corrected chi connectivity index (χ1v) is 8.75. The van der Waals surface area contributed by atoms with E-state index in [2.05, 4.69) is 71.0 Å². The van der Waals surface area contributed by atoms with Gasteiger partial charge in [-0.3, -0.25) is 4.79 Å². The minimum atomic E-state index is 0.0583. The molecule has 130 valence electrons. The summed E-state index contributed by atoms with van der Waals surface area (Å²) in [6, 6.07) is 16.5. The Hall–Kier alpha value is -1.89. The van der Waals surface area contributed by atoms with Gasteiger partial charge in [0.15, 0.2) is 5.78 Å². The minimum Gasteiger partial charge on any atom is -0.294 e. The average Bonchev–Trinajstić information content (AvgIpc) is 2.48. The average molecular weight is 325 g/mol. The zero-order valence-corrected chi connectivity index (χ0v) is 16.3. The minimum absolute atomic E-state index is 0.0583. The van der Waals surface area contributed by atoms with Gasteiger partial charge >= 0.3 is 0 Å². The van der Waals surface area contributed by atoms with E-state index in [-0.39, 0.29) is 11.7 Å². The van der Waals surface area contributed by atoms with Gasteiger partial charge in [-0.15, -0.1) is 0 Å². The summed E-state index contributed by atoms with van der Waals surface area (Å²) in [6.45, 7) is 14.7. The fourth-order valence-electron chi connectivity index (χ4n) is 2.06. The lowest BCUT2D eigenvalue weighted by Gasteiger charge is -2.06. The van der Waals surface area contributed by atoms with Gasteiger partial charge in [-0.1, -0.05) is 95.6 Å². The molecule has 0 atom stereocenters. The van der Waals surface area contributed by atoms with E-state index in [1.54, 1.807) is 0 Å². The first kappa shape index (κ1) is 20.2. The maximum atomic E-state index is 11.9. The molecule has 0 unspecified atom stereocenters. The number of rotatable bonds is 4. The van der Waals surface area contributed by atoms with E-state index in [9.17, 15) is 4.79 Å². The smallest absolute Gasteiger partial charge is 0.165 e. The van der Waals surface area contributed by atoms with Crippen LogP contribution in [0.5, 0.6) is 0 Å². The summed E-state index contributed by atoms with van der Waals surface area (Å²) in [6.07, 6.45) is 0.913. The second-order valence-electron chi connectivity index (χ2n) is 8.38. The normalized spacial score (nSPS) is 11.0. The molecule has 0 radical (unpaired) electrons. The third kappa shape index (κ3) is 8.10. The Kier molecular flexibility index (Phi) is 7.41. The van der Waals surface area contributed by atoms with Gasteiger partial charge in [0.1, 0.15) is 0 Å². The van der Waals surface area contributed by atoms with E-state index in [1.165, 1.54) is 16.7 Å². The lowest BCUT2D eigenvalue weighted by atomic mass is 9.98. The maximum absolute atomic E-state index is 11.9. The van der Waals surface area contributed by atoms with Crippen LogP contribution in [0.25, 0.3) is 0 Å². The highest BCUT2D eigenvalue weighted by Gasteiger charge is 2.09. The molecule has 0 bridgehead atoms. The predicted octanol–water partition coefficient (Wildman–Crippen LogP) is 6.48. The Morgan fingerprint density at radius 2 is 1.21 bits per heavy atom. The summed E-state index contributed by atoms with van der Waals surface area (Å²) in [7, 11) is 0. The third-order valence-corrected chi connectivity index (χ3v) is 3.29. The van der Waals surface area contributed by atoms with E-state index in [0.717, 1.165) is 12.0 Å². The zero-order chi connectivity index (χ0) is 18.3. The predicted molar refractivity (Wildman–Crippen MR) is 105 cm³/mol. The van der Waals surface area contributed by atoms with Crippen LogP contribution >= 0.6 is 0 Å². The molecule has 0 saturated carbocycles. The summed E-state index contributed by atoms with van der Waals surface area (Å²) in [5.74, 6) is 0.268. The fraction of sp³-hybridized carbons (Fsp3) is 0.435. The van der Waals surface area contributed by atoms with Gasteiger partial charge < -0.3 is 0 Å². The molecule has 0 amide bonds. The summed E-state index contributed by atoms with van der Waals surface area (Å²) < 4.78 is 0.